The van der Waals surface area contributed by atoms with Gasteiger partial charge in [-0.1, -0.05) is 24.3 Å². The molecule has 1 amide bonds. The first-order chi connectivity index (χ1) is 13.5. The second-order valence-corrected chi connectivity index (χ2v) is 5.64. The molecule has 0 saturated carbocycles. The van der Waals surface area contributed by atoms with Crippen LogP contribution in [0.15, 0.2) is 48.5 Å². The average Bonchev–Trinajstić information content (AvgIpc) is 2.71. The third-order valence-electron chi connectivity index (χ3n) is 3.80. The number of para-hydroxylation sites is 2. The van der Waals surface area contributed by atoms with Crippen LogP contribution in [-0.2, 0) is 14.3 Å². The Hall–Kier alpha value is -3.79. The van der Waals surface area contributed by atoms with Crippen LogP contribution in [0.5, 0.6) is 11.5 Å². The fourth-order valence-corrected chi connectivity index (χ4v) is 2.39. The molecule has 2 aromatic rings. The number of hydrogen-bond acceptors (Lipinski definition) is 6. The highest BCUT2D eigenvalue weighted by Gasteiger charge is 2.18. The number of carbonyl (C=O) groups excluding carboxylic acids is 2. The first-order valence-corrected chi connectivity index (χ1v) is 8.39. The molecule has 0 aliphatic heterocycles. The summed E-state index contributed by atoms with van der Waals surface area (Å²) in [5.74, 6) is -0.223. The lowest BCUT2D eigenvalue weighted by molar-refractivity contribution is -0.148. The van der Waals surface area contributed by atoms with Gasteiger partial charge < -0.3 is 19.5 Å². The Balaban J connectivity index is 2.02. The monoisotopic (exact) mass is 380 g/mol. The van der Waals surface area contributed by atoms with Crippen LogP contribution in [0.25, 0.3) is 6.08 Å². The number of nitrogens with one attached hydrogen (secondary N) is 1. The summed E-state index contributed by atoms with van der Waals surface area (Å²) in [6, 6.07) is 13.8. The van der Waals surface area contributed by atoms with Gasteiger partial charge in [-0.15, -0.1) is 0 Å². The maximum Gasteiger partial charge on any atom is 0.331 e. The predicted molar refractivity (Wildman–Crippen MR) is 104 cm³/mol. The summed E-state index contributed by atoms with van der Waals surface area (Å²) in [7, 11) is 3.02. The number of ether oxygens (including phenoxy) is 3. The minimum Gasteiger partial charge on any atom is -0.493 e. The maximum absolute atomic E-state index is 12.2. The smallest absolute Gasteiger partial charge is 0.331 e. The highest BCUT2D eigenvalue weighted by atomic mass is 16.5. The number of benzene rings is 2. The van der Waals surface area contributed by atoms with Crippen molar-refractivity contribution in [1.29, 1.82) is 5.26 Å². The maximum atomic E-state index is 12.2. The minimum atomic E-state index is -1.05. The number of nitrogens with zero attached hydrogens (tertiary/aromatic N) is 1. The minimum absolute atomic E-state index is 0.319. The van der Waals surface area contributed by atoms with Gasteiger partial charge in [-0.05, 0) is 31.2 Å². The molecule has 0 heterocycles. The third kappa shape index (κ3) is 5.11. The fraction of sp³-hybridized carbons (Fsp3) is 0.190. The van der Waals surface area contributed by atoms with Crippen LogP contribution >= 0.6 is 0 Å². The standard InChI is InChI=1S/C21H20N2O5/c1-14(21(25)23-17-9-5-4-7-16(17)13-22)28-19(24)12-11-15-8-6-10-18(26-2)20(15)27-3/h4-12,14H,1-3H3,(H,23,25)/b12-11+/t14-/m0/s1. The average molecular weight is 380 g/mol. The molecular formula is C21H20N2O5. The van der Waals surface area contributed by atoms with E-state index in [1.54, 1.807) is 42.5 Å². The molecule has 0 saturated heterocycles. The van der Waals surface area contributed by atoms with Gasteiger partial charge in [-0.3, -0.25) is 4.79 Å². The SMILES string of the molecule is COc1cccc(/C=C/C(=O)O[C@@H](C)C(=O)Nc2ccccc2C#N)c1OC. The normalized spacial score (nSPS) is 11.4. The van der Waals surface area contributed by atoms with E-state index < -0.39 is 18.0 Å². The Morgan fingerprint density at radius 3 is 2.54 bits per heavy atom. The molecule has 0 fully saturated rings. The topological polar surface area (TPSA) is 97.6 Å². The number of hydrogen-bond donors (Lipinski definition) is 1. The summed E-state index contributed by atoms with van der Waals surface area (Å²) in [4.78, 5) is 24.3. The van der Waals surface area contributed by atoms with Crippen molar-refractivity contribution in [2.24, 2.45) is 0 Å². The second-order valence-electron chi connectivity index (χ2n) is 5.64. The summed E-state index contributed by atoms with van der Waals surface area (Å²) in [6.07, 6.45) is 1.67. The van der Waals surface area contributed by atoms with E-state index in [2.05, 4.69) is 5.32 Å². The summed E-state index contributed by atoms with van der Waals surface area (Å²) in [5.41, 5.74) is 1.30. The molecule has 2 rings (SSSR count). The van der Waals surface area contributed by atoms with Gasteiger partial charge in [-0.25, -0.2) is 4.79 Å². The van der Waals surface area contributed by atoms with Gasteiger partial charge in [0.15, 0.2) is 17.6 Å². The molecule has 0 aliphatic rings. The van der Waals surface area contributed by atoms with Crippen LogP contribution in [0, 0.1) is 11.3 Å². The number of amides is 1. The Morgan fingerprint density at radius 1 is 1.11 bits per heavy atom. The molecule has 1 atom stereocenters. The number of methoxy groups -OCH3 is 2. The summed E-state index contributed by atoms with van der Waals surface area (Å²) >= 11 is 0. The van der Waals surface area contributed by atoms with E-state index in [9.17, 15) is 9.59 Å². The predicted octanol–water partition coefficient (Wildman–Crippen LogP) is 3.16. The van der Waals surface area contributed by atoms with Gasteiger partial charge in [0, 0.05) is 11.6 Å². The van der Waals surface area contributed by atoms with Crippen molar-refractivity contribution in [2.45, 2.75) is 13.0 Å². The molecule has 1 N–H and O–H groups in total. The Bertz CT molecular complexity index is 931. The first kappa shape index (κ1) is 20.5. The van der Waals surface area contributed by atoms with E-state index in [0.717, 1.165) is 0 Å². The van der Waals surface area contributed by atoms with Crippen molar-refractivity contribution in [3.8, 4) is 17.6 Å². The van der Waals surface area contributed by atoms with Crippen LogP contribution in [0.3, 0.4) is 0 Å². The molecule has 0 radical (unpaired) electrons. The second kappa shape index (κ2) is 9.78. The zero-order valence-electron chi connectivity index (χ0n) is 15.8. The molecule has 0 spiro atoms. The molecule has 0 aromatic heterocycles. The van der Waals surface area contributed by atoms with E-state index in [-0.39, 0.29) is 0 Å². The van der Waals surface area contributed by atoms with Crippen molar-refractivity contribution in [1.82, 2.24) is 0 Å². The van der Waals surface area contributed by atoms with Crippen molar-refractivity contribution in [3.05, 3.63) is 59.7 Å². The molecule has 28 heavy (non-hydrogen) atoms. The van der Waals surface area contributed by atoms with E-state index in [1.807, 2.05) is 6.07 Å². The van der Waals surface area contributed by atoms with Crippen molar-refractivity contribution >= 4 is 23.6 Å². The Labute approximate surface area is 163 Å². The molecule has 0 unspecified atom stereocenters. The van der Waals surface area contributed by atoms with E-state index in [4.69, 9.17) is 19.5 Å². The zero-order valence-corrected chi connectivity index (χ0v) is 15.8. The number of esters is 1. The van der Waals surface area contributed by atoms with Crippen LogP contribution in [0.4, 0.5) is 5.69 Å². The Morgan fingerprint density at radius 2 is 1.86 bits per heavy atom. The molecule has 0 aliphatic carbocycles. The highest BCUT2D eigenvalue weighted by Crippen LogP contribution is 2.31. The lowest BCUT2D eigenvalue weighted by Gasteiger charge is -2.13. The Kier molecular flexibility index (Phi) is 7.17. The van der Waals surface area contributed by atoms with Crippen molar-refractivity contribution in [2.75, 3.05) is 19.5 Å². The number of anilines is 1. The highest BCUT2D eigenvalue weighted by molar-refractivity contribution is 5.97. The number of rotatable bonds is 7. The van der Waals surface area contributed by atoms with Crippen LogP contribution < -0.4 is 14.8 Å². The molecule has 2 aromatic carbocycles. The summed E-state index contributed by atoms with van der Waals surface area (Å²) in [6.45, 7) is 1.45. The first-order valence-electron chi connectivity index (χ1n) is 8.39. The molecule has 144 valence electrons. The van der Waals surface area contributed by atoms with Gasteiger partial charge in [0.25, 0.3) is 5.91 Å². The molecular weight excluding hydrogens is 360 g/mol. The molecule has 7 nitrogen and oxygen atoms in total. The van der Waals surface area contributed by atoms with Crippen molar-refractivity contribution < 1.29 is 23.8 Å². The number of nitriles is 1. The lowest BCUT2D eigenvalue weighted by atomic mass is 10.1. The van der Waals surface area contributed by atoms with Crippen molar-refractivity contribution in [3.63, 3.8) is 0 Å². The van der Waals surface area contributed by atoms with Crippen LogP contribution in [0.2, 0.25) is 0 Å². The number of carbonyl (C=O) groups is 2. The quantitative estimate of drug-likeness (QED) is 0.585. The van der Waals surface area contributed by atoms with Gasteiger partial charge in [0.1, 0.15) is 6.07 Å². The largest absolute Gasteiger partial charge is 0.493 e. The van der Waals surface area contributed by atoms with Gasteiger partial charge >= 0.3 is 5.97 Å². The summed E-state index contributed by atoms with van der Waals surface area (Å²) in [5, 5.41) is 11.6. The van der Waals surface area contributed by atoms with Gasteiger partial charge in [0.05, 0.1) is 25.5 Å². The van der Waals surface area contributed by atoms with Gasteiger partial charge in [-0.2, -0.15) is 5.26 Å². The fourth-order valence-electron chi connectivity index (χ4n) is 2.39. The van der Waals surface area contributed by atoms with Gasteiger partial charge in [0.2, 0.25) is 0 Å². The van der Waals surface area contributed by atoms with Crippen LogP contribution in [0.1, 0.15) is 18.1 Å². The van der Waals surface area contributed by atoms with Crippen LogP contribution in [-0.4, -0.2) is 32.2 Å². The third-order valence-corrected chi connectivity index (χ3v) is 3.80. The van der Waals surface area contributed by atoms with E-state index >= 15 is 0 Å². The van der Waals surface area contributed by atoms with E-state index in [0.29, 0.717) is 28.3 Å². The van der Waals surface area contributed by atoms with E-state index in [1.165, 1.54) is 33.3 Å². The zero-order chi connectivity index (χ0) is 20.5. The molecule has 7 heteroatoms. The molecule has 0 bridgehead atoms. The summed E-state index contributed by atoms with van der Waals surface area (Å²) < 4.78 is 15.6. The lowest BCUT2D eigenvalue weighted by Crippen LogP contribution is -2.29.